The van der Waals surface area contributed by atoms with Gasteiger partial charge in [-0.05, 0) is 24.3 Å². The molecule has 0 aliphatic heterocycles. The monoisotopic (exact) mass is 260 g/mol. The molecule has 0 fully saturated rings. The van der Waals surface area contributed by atoms with Crippen LogP contribution < -0.4 is 4.74 Å². The van der Waals surface area contributed by atoms with E-state index in [0.717, 1.165) is 12.1 Å². The van der Waals surface area contributed by atoms with Crippen molar-refractivity contribution in [1.82, 2.24) is 0 Å². The van der Waals surface area contributed by atoms with E-state index < -0.39 is 17.2 Å². The van der Waals surface area contributed by atoms with Crippen LogP contribution in [0.2, 0.25) is 0 Å². The molecule has 100 valence electrons. The van der Waals surface area contributed by atoms with E-state index in [9.17, 15) is 18.0 Å². The van der Waals surface area contributed by atoms with Crippen LogP contribution in [0.15, 0.2) is 24.3 Å². The SMILES string of the molecule is CC(C)(C)C(=O)COc1ccc(C(F)(F)F)cc1. The van der Waals surface area contributed by atoms with Gasteiger partial charge in [-0.25, -0.2) is 0 Å². The van der Waals surface area contributed by atoms with Crippen molar-refractivity contribution in [3.8, 4) is 5.75 Å². The minimum atomic E-state index is -4.36. The van der Waals surface area contributed by atoms with Crippen LogP contribution in [0.1, 0.15) is 26.3 Å². The van der Waals surface area contributed by atoms with Crippen LogP contribution in [0.25, 0.3) is 0 Å². The lowest BCUT2D eigenvalue weighted by Gasteiger charge is -2.16. The van der Waals surface area contributed by atoms with Gasteiger partial charge >= 0.3 is 6.18 Å². The predicted molar refractivity (Wildman–Crippen MR) is 61.4 cm³/mol. The third-order valence-corrected chi connectivity index (χ3v) is 2.39. The first-order chi connectivity index (χ1) is 8.10. The number of alkyl halides is 3. The second-order valence-electron chi connectivity index (χ2n) is 4.98. The summed E-state index contributed by atoms with van der Waals surface area (Å²) in [5, 5.41) is 0. The average Bonchev–Trinajstić information content (AvgIpc) is 2.24. The molecule has 0 N–H and O–H groups in total. The normalized spacial score (nSPS) is 12.3. The standard InChI is InChI=1S/C13H15F3O2/c1-12(2,3)11(17)8-18-10-6-4-9(5-7-10)13(14,15)16/h4-7H,8H2,1-3H3. The molecule has 0 aromatic heterocycles. The number of ether oxygens (including phenoxy) is 1. The van der Waals surface area contributed by atoms with E-state index in [4.69, 9.17) is 4.74 Å². The van der Waals surface area contributed by atoms with E-state index >= 15 is 0 Å². The lowest BCUT2D eigenvalue weighted by Crippen LogP contribution is -2.26. The minimum Gasteiger partial charge on any atom is -0.486 e. The first-order valence-electron chi connectivity index (χ1n) is 5.44. The molecule has 0 saturated heterocycles. The molecule has 1 aromatic rings. The van der Waals surface area contributed by atoms with Gasteiger partial charge in [0, 0.05) is 5.41 Å². The largest absolute Gasteiger partial charge is 0.486 e. The van der Waals surface area contributed by atoms with Gasteiger partial charge in [-0.3, -0.25) is 4.79 Å². The summed E-state index contributed by atoms with van der Waals surface area (Å²) in [5.74, 6) is 0.142. The number of hydrogen-bond donors (Lipinski definition) is 0. The van der Waals surface area contributed by atoms with E-state index in [2.05, 4.69) is 0 Å². The fraction of sp³-hybridized carbons (Fsp3) is 0.462. The first kappa shape index (κ1) is 14.5. The molecular formula is C13H15F3O2. The fourth-order valence-corrected chi connectivity index (χ4v) is 1.11. The van der Waals surface area contributed by atoms with Crippen LogP contribution in [0, 0.1) is 5.41 Å². The Labute approximate surface area is 104 Å². The number of carbonyl (C=O) groups is 1. The van der Waals surface area contributed by atoms with Gasteiger partial charge < -0.3 is 4.74 Å². The van der Waals surface area contributed by atoms with Gasteiger partial charge in [0.05, 0.1) is 5.56 Å². The summed E-state index contributed by atoms with van der Waals surface area (Å²) in [6.45, 7) is 5.12. The summed E-state index contributed by atoms with van der Waals surface area (Å²) in [4.78, 5) is 11.6. The van der Waals surface area contributed by atoms with Gasteiger partial charge in [-0.1, -0.05) is 20.8 Å². The molecule has 1 rings (SSSR count). The third kappa shape index (κ3) is 4.05. The highest BCUT2D eigenvalue weighted by Gasteiger charge is 2.30. The number of benzene rings is 1. The third-order valence-electron chi connectivity index (χ3n) is 2.39. The zero-order chi connectivity index (χ0) is 14.0. The van der Waals surface area contributed by atoms with E-state index in [0.29, 0.717) is 0 Å². The van der Waals surface area contributed by atoms with E-state index in [-0.39, 0.29) is 18.1 Å². The van der Waals surface area contributed by atoms with Crippen molar-refractivity contribution in [3.05, 3.63) is 29.8 Å². The highest BCUT2D eigenvalue weighted by Crippen LogP contribution is 2.30. The Morgan fingerprint density at radius 1 is 1.11 bits per heavy atom. The van der Waals surface area contributed by atoms with E-state index in [1.54, 1.807) is 20.8 Å². The number of halogens is 3. The maximum atomic E-state index is 12.3. The Morgan fingerprint density at radius 3 is 2.00 bits per heavy atom. The Hall–Kier alpha value is -1.52. The Morgan fingerprint density at radius 2 is 1.61 bits per heavy atom. The van der Waals surface area contributed by atoms with E-state index in [1.807, 2.05) is 0 Å². The molecule has 0 unspecified atom stereocenters. The van der Waals surface area contributed by atoms with Crippen LogP contribution >= 0.6 is 0 Å². The summed E-state index contributed by atoms with van der Waals surface area (Å²) < 4.78 is 42.0. The van der Waals surface area contributed by atoms with Crippen molar-refractivity contribution in [2.45, 2.75) is 26.9 Å². The molecule has 0 radical (unpaired) electrons. The molecule has 18 heavy (non-hydrogen) atoms. The van der Waals surface area contributed by atoms with Crippen molar-refractivity contribution in [1.29, 1.82) is 0 Å². The van der Waals surface area contributed by atoms with Crippen molar-refractivity contribution in [3.63, 3.8) is 0 Å². The van der Waals surface area contributed by atoms with Gasteiger partial charge in [0.2, 0.25) is 0 Å². The topological polar surface area (TPSA) is 26.3 Å². The molecular weight excluding hydrogens is 245 g/mol. The van der Waals surface area contributed by atoms with Crippen LogP contribution in [-0.2, 0) is 11.0 Å². The quantitative estimate of drug-likeness (QED) is 0.828. The molecule has 0 atom stereocenters. The number of hydrogen-bond acceptors (Lipinski definition) is 2. The number of carbonyl (C=O) groups excluding carboxylic acids is 1. The second-order valence-corrected chi connectivity index (χ2v) is 4.98. The van der Waals surface area contributed by atoms with Crippen molar-refractivity contribution >= 4 is 5.78 Å². The molecule has 0 heterocycles. The average molecular weight is 260 g/mol. The van der Waals surface area contributed by atoms with Crippen LogP contribution in [0.4, 0.5) is 13.2 Å². The molecule has 2 nitrogen and oxygen atoms in total. The van der Waals surface area contributed by atoms with Gasteiger partial charge in [-0.15, -0.1) is 0 Å². The molecule has 0 spiro atoms. The lowest BCUT2D eigenvalue weighted by molar-refractivity contribution is -0.137. The predicted octanol–water partition coefficient (Wildman–Crippen LogP) is 3.70. The van der Waals surface area contributed by atoms with Crippen molar-refractivity contribution in [2.24, 2.45) is 5.41 Å². The zero-order valence-corrected chi connectivity index (χ0v) is 10.5. The number of rotatable bonds is 3. The Balaban J connectivity index is 2.63. The minimum absolute atomic E-state index is 0.109. The van der Waals surface area contributed by atoms with E-state index in [1.165, 1.54) is 12.1 Å². The van der Waals surface area contributed by atoms with Crippen molar-refractivity contribution < 1.29 is 22.7 Å². The fourth-order valence-electron chi connectivity index (χ4n) is 1.11. The first-order valence-corrected chi connectivity index (χ1v) is 5.44. The van der Waals surface area contributed by atoms with Crippen LogP contribution in [0.3, 0.4) is 0 Å². The molecule has 5 heteroatoms. The molecule has 0 aliphatic carbocycles. The van der Waals surface area contributed by atoms with Crippen molar-refractivity contribution in [2.75, 3.05) is 6.61 Å². The summed E-state index contributed by atoms with van der Waals surface area (Å²) in [6.07, 6.45) is -4.36. The molecule has 0 bridgehead atoms. The highest BCUT2D eigenvalue weighted by atomic mass is 19.4. The number of ketones is 1. The molecule has 0 aliphatic rings. The van der Waals surface area contributed by atoms with Gasteiger partial charge in [-0.2, -0.15) is 13.2 Å². The maximum Gasteiger partial charge on any atom is 0.416 e. The summed E-state index contributed by atoms with van der Waals surface area (Å²) in [6, 6.07) is 4.27. The van der Waals surface area contributed by atoms with Gasteiger partial charge in [0.15, 0.2) is 5.78 Å². The number of Topliss-reactive ketones (excluding diaryl/α,β-unsaturated/α-hetero) is 1. The molecule has 0 saturated carbocycles. The summed E-state index contributed by atoms with van der Waals surface area (Å²) >= 11 is 0. The highest BCUT2D eigenvalue weighted by molar-refractivity contribution is 5.85. The molecule has 1 aromatic carbocycles. The van der Waals surface area contributed by atoms with Crippen LogP contribution in [-0.4, -0.2) is 12.4 Å². The summed E-state index contributed by atoms with van der Waals surface area (Å²) in [5.41, 5.74) is -1.26. The summed E-state index contributed by atoms with van der Waals surface area (Å²) in [7, 11) is 0. The second kappa shape index (κ2) is 5.00. The van der Waals surface area contributed by atoms with Gasteiger partial charge in [0.25, 0.3) is 0 Å². The molecule has 0 amide bonds. The van der Waals surface area contributed by atoms with Crippen LogP contribution in [0.5, 0.6) is 5.75 Å². The Bertz CT molecular complexity index is 413. The zero-order valence-electron chi connectivity index (χ0n) is 10.5. The Kier molecular flexibility index (Phi) is 4.04. The maximum absolute atomic E-state index is 12.3. The lowest BCUT2D eigenvalue weighted by atomic mass is 9.91. The smallest absolute Gasteiger partial charge is 0.416 e. The van der Waals surface area contributed by atoms with Gasteiger partial charge in [0.1, 0.15) is 12.4 Å².